The third-order valence-corrected chi connectivity index (χ3v) is 6.71. The van der Waals surface area contributed by atoms with Gasteiger partial charge in [0.1, 0.15) is 17.3 Å². The highest BCUT2D eigenvalue weighted by Crippen LogP contribution is 2.42. The Morgan fingerprint density at radius 3 is 2.09 bits per heavy atom. The van der Waals surface area contributed by atoms with E-state index in [1.165, 1.54) is 12.1 Å². The smallest absolute Gasteiger partial charge is 0.222 e. The first-order valence-electron chi connectivity index (χ1n) is 11.6. The van der Waals surface area contributed by atoms with Crippen LogP contribution >= 0.6 is 0 Å². The third-order valence-electron chi connectivity index (χ3n) is 6.71. The summed E-state index contributed by atoms with van der Waals surface area (Å²) in [7, 11) is 1.91. The predicted molar refractivity (Wildman–Crippen MR) is 123 cm³/mol. The van der Waals surface area contributed by atoms with Gasteiger partial charge in [0.2, 0.25) is 5.91 Å². The van der Waals surface area contributed by atoms with Gasteiger partial charge in [0, 0.05) is 26.6 Å². The minimum Gasteiger partial charge on any atom is -0.493 e. The Balaban J connectivity index is 1.55. The molecule has 0 unspecified atom stereocenters. The Kier molecular flexibility index (Phi) is 6.70. The fourth-order valence-corrected chi connectivity index (χ4v) is 5.06. The number of benzene rings is 2. The lowest BCUT2D eigenvalue weighted by Crippen LogP contribution is -2.40. The van der Waals surface area contributed by atoms with E-state index in [-0.39, 0.29) is 17.1 Å². The minimum atomic E-state index is -0.265. The fraction of sp³-hybridized carbons (Fsp3) is 0.500. The van der Waals surface area contributed by atoms with Crippen LogP contribution in [0.2, 0.25) is 0 Å². The van der Waals surface area contributed by atoms with Gasteiger partial charge in [-0.1, -0.05) is 12.1 Å². The maximum atomic E-state index is 13.5. The second kappa shape index (κ2) is 9.49. The van der Waals surface area contributed by atoms with E-state index >= 15 is 0 Å². The van der Waals surface area contributed by atoms with Gasteiger partial charge in [0.05, 0.1) is 18.8 Å². The molecule has 0 radical (unpaired) electrons. The summed E-state index contributed by atoms with van der Waals surface area (Å²) in [5.74, 6) is 1.53. The van der Waals surface area contributed by atoms with E-state index in [4.69, 9.17) is 9.47 Å². The van der Waals surface area contributed by atoms with Crippen LogP contribution in [0.3, 0.4) is 0 Å². The number of piperidine rings is 1. The molecule has 2 fully saturated rings. The molecule has 6 heteroatoms. The van der Waals surface area contributed by atoms with Gasteiger partial charge in [-0.15, -0.1) is 0 Å². The third kappa shape index (κ3) is 4.75. The van der Waals surface area contributed by atoms with Crippen LogP contribution in [0.5, 0.6) is 11.5 Å². The summed E-state index contributed by atoms with van der Waals surface area (Å²) < 4.78 is 25.5. The SMILES string of the molecule is CCOc1cc(CN2CCC3(CC2)CC(=O)N(C)C3)cc(OCC)c1-c1ccc(F)cc1. The molecule has 2 aliphatic heterocycles. The quantitative estimate of drug-likeness (QED) is 0.624. The van der Waals surface area contributed by atoms with Crippen molar-refractivity contribution in [1.82, 2.24) is 9.80 Å². The molecule has 2 aromatic carbocycles. The van der Waals surface area contributed by atoms with E-state index in [0.29, 0.717) is 19.6 Å². The van der Waals surface area contributed by atoms with E-state index in [1.54, 1.807) is 12.1 Å². The maximum Gasteiger partial charge on any atom is 0.222 e. The van der Waals surface area contributed by atoms with Gasteiger partial charge in [-0.05, 0) is 80.6 Å². The first kappa shape index (κ1) is 22.6. The molecule has 4 rings (SSSR count). The monoisotopic (exact) mass is 440 g/mol. The Morgan fingerprint density at radius 1 is 1.00 bits per heavy atom. The van der Waals surface area contributed by atoms with Crippen LogP contribution in [-0.4, -0.2) is 55.6 Å². The summed E-state index contributed by atoms with van der Waals surface area (Å²) in [5, 5.41) is 0. The van der Waals surface area contributed by atoms with Crippen molar-refractivity contribution in [3.8, 4) is 22.6 Å². The van der Waals surface area contributed by atoms with Crippen molar-refractivity contribution in [2.75, 3.05) is 39.9 Å². The first-order valence-corrected chi connectivity index (χ1v) is 11.6. The summed E-state index contributed by atoms with van der Waals surface area (Å²) >= 11 is 0. The molecule has 2 saturated heterocycles. The highest BCUT2D eigenvalue weighted by atomic mass is 19.1. The zero-order chi connectivity index (χ0) is 22.7. The Hall–Kier alpha value is -2.60. The number of rotatable bonds is 7. The van der Waals surface area contributed by atoms with Gasteiger partial charge in [-0.25, -0.2) is 4.39 Å². The number of amides is 1. The predicted octanol–water partition coefficient (Wildman–Crippen LogP) is 4.73. The summed E-state index contributed by atoms with van der Waals surface area (Å²) in [4.78, 5) is 16.4. The maximum absolute atomic E-state index is 13.5. The van der Waals surface area contributed by atoms with Gasteiger partial charge in [-0.2, -0.15) is 0 Å². The molecule has 2 aliphatic rings. The van der Waals surface area contributed by atoms with Crippen molar-refractivity contribution >= 4 is 5.91 Å². The van der Waals surface area contributed by atoms with Crippen LogP contribution in [0, 0.1) is 11.2 Å². The molecular formula is C26H33FN2O3. The van der Waals surface area contributed by atoms with Crippen LogP contribution in [0.25, 0.3) is 11.1 Å². The lowest BCUT2D eigenvalue weighted by atomic mass is 9.77. The topological polar surface area (TPSA) is 42.0 Å². The summed E-state index contributed by atoms with van der Waals surface area (Å²) in [5.41, 5.74) is 3.03. The minimum absolute atomic E-state index is 0.155. The normalized spacial score (nSPS) is 18.4. The Bertz CT molecular complexity index is 925. The average Bonchev–Trinajstić information content (AvgIpc) is 3.04. The summed E-state index contributed by atoms with van der Waals surface area (Å²) in [6.45, 7) is 8.66. The highest BCUT2D eigenvalue weighted by Gasteiger charge is 2.43. The molecule has 2 aromatic rings. The van der Waals surface area contributed by atoms with E-state index in [0.717, 1.165) is 67.2 Å². The zero-order valence-electron chi connectivity index (χ0n) is 19.3. The molecule has 0 saturated carbocycles. The number of likely N-dealkylation sites (tertiary alicyclic amines) is 2. The van der Waals surface area contributed by atoms with Crippen molar-refractivity contribution in [3.05, 3.63) is 47.8 Å². The second-order valence-corrected chi connectivity index (χ2v) is 9.04. The lowest BCUT2D eigenvalue weighted by molar-refractivity contribution is -0.126. The molecule has 0 aromatic heterocycles. The molecule has 2 heterocycles. The van der Waals surface area contributed by atoms with Crippen LogP contribution in [0.4, 0.5) is 4.39 Å². The van der Waals surface area contributed by atoms with Crippen LogP contribution in [0.15, 0.2) is 36.4 Å². The molecule has 1 spiro atoms. The fourth-order valence-electron chi connectivity index (χ4n) is 5.06. The van der Waals surface area contributed by atoms with Crippen molar-refractivity contribution in [1.29, 1.82) is 0 Å². The molecule has 32 heavy (non-hydrogen) atoms. The number of ether oxygens (including phenoxy) is 2. The molecule has 5 nitrogen and oxygen atoms in total. The number of nitrogens with zero attached hydrogens (tertiary/aromatic N) is 2. The number of hydrogen-bond donors (Lipinski definition) is 0. The standard InChI is InChI=1S/C26H33FN2O3/c1-4-31-22-14-19(15-23(32-5-2)25(22)20-6-8-21(27)9-7-20)17-29-12-10-26(11-13-29)16-24(30)28(3)18-26/h6-9,14-15H,4-5,10-13,16-18H2,1-3H3. The number of carbonyl (C=O) groups excluding carboxylic acids is 1. The van der Waals surface area contributed by atoms with Gasteiger partial charge < -0.3 is 14.4 Å². The van der Waals surface area contributed by atoms with Crippen molar-refractivity contribution < 1.29 is 18.7 Å². The molecule has 0 aliphatic carbocycles. The van der Waals surface area contributed by atoms with Gasteiger partial charge >= 0.3 is 0 Å². The lowest BCUT2D eigenvalue weighted by Gasteiger charge is -2.38. The second-order valence-electron chi connectivity index (χ2n) is 9.04. The van der Waals surface area contributed by atoms with Gasteiger partial charge in [-0.3, -0.25) is 9.69 Å². The number of carbonyl (C=O) groups is 1. The van der Waals surface area contributed by atoms with Crippen molar-refractivity contribution in [2.24, 2.45) is 5.41 Å². The van der Waals surface area contributed by atoms with Gasteiger partial charge in [0.25, 0.3) is 0 Å². The van der Waals surface area contributed by atoms with Gasteiger partial charge in [0.15, 0.2) is 0 Å². The summed E-state index contributed by atoms with van der Waals surface area (Å²) in [6, 6.07) is 10.6. The molecular weight excluding hydrogens is 407 g/mol. The Labute approximate surface area is 190 Å². The first-order chi connectivity index (χ1) is 15.4. The van der Waals surface area contributed by atoms with Crippen LogP contribution in [0.1, 0.15) is 38.7 Å². The average molecular weight is 441 g/mol. The highest BCUT2D eigenvalue weighted by molar-refractivity contribution is 5.79. The van der Waals surface area contributed by atoms with E-state index in [2.05, 4.69) is 17.0 Å². The van der Waals surface area contributed by atoms with Crippen LogP contribution in [-0.2, 0) is 11.3 Å². The largest absolute Gasteiger partial charge is 0.493 e. The van der Waals surface area contributed by atoms with E-state index < -0.39 is 0 Å². The molecule has 0 atom stereocenters. The number of halogens is 1. The molecule has 1 amide bonds. The van der Waals surface area contributed by atoms with E-state index in [1.807, 2.05) is 25.8 Å². The van der Waals surface area contributed by atoms with E-state index in [9.17, 15) is 9.18 Å². The molecule has 0 N–H and O–H groups in total. The van der Waals surface area contributed by atoms with Crippen molar-refractivity contribution in [3.63, 3.8) is 0 Å². The summed E-state index contributed by atoms with van der Waals surface area (Å²) in [6.07, 6.45) is 2.79. The Morgan fingerprint density at radius 2 is 1.59 bits per heavy atom. The van der Waals surface area contributed by atoms with Crippen molar-refractivity contribution in [2.45, 2.75) is 39.7 Å². The van der Waals surface area contributed by atoms with Crippen LogP contribution < -0.4 is 9.47 Å². The molecule has 172 valence electrons. The zero-order valence-corrected chi connectivity index (χ0v) is 19.3. The molecule has 0 bridgehead atoms. The number of hydrogen-bond acceptors (Lipinski definition) is 4.